The number of hydrogen-bond acceptors (Lipinski definition) is 3. The van der Waals surface area contributed by atoms with E-state index in [4.69, 9.17) is 5.73 Å². The van der Waals surface area contributed by atoms with Crippen LogP contribution in [-0.4, -0.2) is 37.3 Å². The molecule has 2 N–H and O–H groups in total. The lowest BCUT2D eigenvalue weighted by atomic mass is 10.3. The molecule has 0 saturated heterocycles. The van der Waals surface area contributed by atoms with E-state index < -0.39 is 0 Å². The smallest absolute Gasteiger partial charge is 0.0263 e. The normalized spacial score (nSPS) is 13.1. The van der Waals surface area contributed by atoms with Gasteiger partial charge in [-0.15, -0.1) is 11.8 Å². The van der Waals surface area contributed by atoms with Crippen LogP contribution in [0.3, 0.4) is 0 Å². The Morgan fingerprint density at radius 1 is 1.29 bits per heavy atom. The molecule has 0 aliphatic heterocycles. The number of nitrogens with two attached hydrogens (primary N) is 1. The molecule has 0 heterocycles. The molecule has 1 aromatic rings. The number of nitrogens with zero attached hydrogens (tertiary/aromatic N) is 1. The van der Waals surface area contributed by atoms with Crippen LogP contribution in [0.5, 0.6) is 0 Å². The lowest BCUT2D eigenvalue weighted by Crippen LogP contribution is -2.35. The Labute approximate surface area is 90.5 Å². The van der Waals surface area contributed by atoms with Crippen molar-refractivity contribution in [2.45, 2.75) is 10.9 Å². The Morgan fingerprint density at radius 3 is 2.50 bits per heavy atom. The van der Waals surface area contributed by atoms with Crippen LogP contribution in [0.1, 0.15) is 0 Å². The molecule has 0 bridgehead atoms. The van der Waals surface area contributed by atoms with Crippen LogP contribution in [0, 0.1) is 0 Å². The highest BCUT2D eigenvalue weighted by molar-refractivity contribution is 7.99. The molecule has 0 fully saturated rings. The molecule has 0 aliphatic rings. The van der Waals surface area contributed by atoms with Gasteiger partial charge in [-0.1, -0.05) is 18.2 Å². The summed E-state index contributed by atoms with van der Waals surface area (Å²) in [6.45, 7) is 0.944. The van der Waals surface area contributed by atoms with Crippen molar-refractivity contribution in [3.63, 3.8) is 0 Å². The second-order valence-corrected chi connectivity index (χ2v) is 4.74. The van der Waals surface area contributed by atoms with Gasteiger partial charge in [0.15, 0.2) is 0 Å². The summed E-state index contributed by atoms with van der Waals surface area (Å²) >= 11 is 1.82. The van der Waals surface area contributed by atoms with Gasteiger partial charge in [0.05, 0.1) is 0 Å². The summed E-state index contributed by atoms with van der Waals surface area (Å²) in [6.07, 6.45) is 0. The van der Waals surface area contributed by atoms with Crippen LogP contribution in [0.15, 0.2) is 35.2 Å². The van der Waals surface area contributed by atoms with Crippen molar-refractivity contribution in [2.75, 3.05) is 26.4 Å². The van der Waals surface area contributed by atoms with Gasteiger partial charge in [-0.25, -0.2) is 0 Å². The summed E-state index contributed by atoms with van der Waals surface area (Å²) < 4.78 is 0. The highest BCUT2D eigenvalue weighted by atomic mass is 32.2. The molecule has 0 unspecified atom stereocenters. The number of thioether (sulfide) groups is 1. The first-order valence-corrected chi connectivity index (χ1v) is 5.75. The van der Waals surface area contributed by atoms with Crippen LogP contribution in [0.4, 0.5) is 0 Å². The predicted octanol–water partition coefficient (Wildman–Crippen LogP) is 1.67. The molecule has 0 aromatic heterocycles. The van der Waals surface area contributed by atoms with Crippen LogP contribution >= 0.6 is 11.8 Å². The molecule has 14 heavy (non-hydrogen) atoms. The Kier molecular flexibility index (Phi) is 5.01. The first-order valence-electron chi connectivity index (χ1n) is 4.76. The zero-order valence-electron chi connectivity index (χ0n) is 8.81. The van der Waals surface area contributed by atoms with Gasteiger partial charge in [-0.2, -0.15) is 0 Å². The fraction of sp³-hybridized carbons (Fsp3) is 0.455. The Bertz CT molecular complexity index is 249. The average Bonchev–Trinajstić information content (AvgIpc) is 2.15. The molecule has 3 heteroatoms. The second kappa shape index (κ2) is 6.06. The third-order valence-electron chi connectivity index (χ3n) is 1.81. The van der Waals surface area contributed by atoms with E-state index in [0.29, 0.717) is 0 Å². The lowest BCUT2D eigenvalue weighted by molar-refractivity contribution is 0.385. The molecule has 1 rings (SSSR count). The zero-order chi connectivity index (χ0) is 10.4. The second-order valence-electron chi connectivity index (χ2n) is 3.65. The quantitative estimate of drug-likeness (QED) is 0.750. The van der Waals surface area contributed by atoms with Crippen molar-refractivity contribution in [1.29, 1.82) is 0 Å². The summed E-state index contributed by atoms with van der Waals surface area (Å²) in [5.41, 5.74) is 5.96. The molecular weight excluding hydrogens is 192 g/mol. The van der Waals surface area contributed by atoms with Gasteiger partial charge in [-0.3, -0.25) is 0 Å². The summed E-state index contributed by atoms with van der Waals surface area (Å²) in [4.78, 5) is 3.41. The summed E-state index contributed by atoms with van der Waals surface area (Å²) in [7, 11) is 4.10. The maximum absolute atomic E-state index is 5.96. The van der Waals surface area contributed by atoms with Crippen LogP contribution < -0.4 is 5.73 Å². The van der Waals surface area contributed by atoms with Crippen LogP contribution in [-0.2, 0) is 0 Å². The van der Waals surface area contributed by atoms with E-state index in [0.717, 1.165) is 12.3 Å². The fourth-order valence-electron chi connectivity index (χ4n) is 1.24. The number of hydrogen-bond donors (Lipinski definition) is 1. The van der Waals surface area contributed by atoms with Crippen LogP contribution in [0.25, 0.3) is 0 Å². The SMILES string of the molecule is CN(C)C[C@@H](N)CSc1ccccc1. The highest BCUT2D eigenvalue weighted by Gasteiger charge is 2.04. The monoisotopic (exact) mass is 210 g/mol. The summed E-state index contributed by atoms with van der Waals surface area (Å²) in [5.74, 6) is 0.974. The fourth-order valence-corrected chi connectivity index (χ4v) is 2.10. The van der Waals surface area contributed by atoms with E-state index in [-0.39, 0.29) is 6.04 Å². The molecule has 0 aliphatic carbocycles. The van der Waals surface area contributed by atoms with Gasteiger partial charge in [0.2, 0.25) is 0 Å². The molecule has 0 radical (unpaired) electrons. The molecule has 0 spiro atoms. The van der Waals surface area contributed by atoms with E-state index in [2.05, 4.69) is 29.2 Å². The van der Waals surface area contributed by atoms with E-state index >= 15 is 0 Å². The average molecular weight is 210 g/mol. The van der Waals surface area contributed by atoms with Crippen molar-refractivity contribution in [1.82, 2.24) is 4.90 Å². The van der Waals surface area contributed by atoms with Gasteiger partial charge in [0, 0.05) is 23.2 Å². The van der Waals surface area contributed by atoms with Crippen molar-refractivity contribution in [3.8, 4) is 0 Å². The highest BCUT2D eigenvalue weighted by Crippen LogP contribution is 2.17. The van der Waals surface area contributed by atoms with Crippen molar-refractivity contribution in [3.05, 3.63) is 30.3 Å². The summed E-state index contributed by atoms with van der Waals surface area (Å²) in [5, 5.41) is 0. The van der Waals surface area contributed by atoms with Crippen molar-refractivity contribution in [2.24, 2.45) is 5.73 Å². The molecule has 1 aromatic carbocycles. The lowest BCUT2D eigenvalue weighted by Gasteiger charge is -2.16. The van der Waals surface area contributed by atoms with Gasteiger partial charge in [0.25, 0.3) is 0 Å². The third-order valence-corrected chi connectivity index (χ3v) is 3.01. The predicted molar refractivity (Wildman–Crippen MR) is 63.7 cm³/mol. The maximum atomic E-state index is 5.96. The van der Waals surface area contributed by atoms with E-state index in [1.54, 1.807) is 0 Å². The Balaban J connectivity index is 2.27. The van der Waals surface area contributed by atoms with Crippen LogP contribution in [0.2, 0.25) is 0 Å². The molecule has 2 nitrogen and oxygen atoms in total. The number of likely N-dealkylation sites (N-methyl/N-ethyl adjacent to an activating group) is 1. The van der Waals surface area contributed by atoms with E-state index in [9.17, 15) is 0 Å². The first kappa shape index (κ1) is 11.6. The molecule has 0 saturated carbocycles. The molecule has 1 atom stereocenters. The van der Waals surface area contributed by atoms with E-state index in [1.807, 2.05) is 31.9 Å². The zero-order valence-corrected chi connectivity index (χ0v) is 9.63. The van der Waals surface area contributed by atoms with Crippen molar-refractivity contribution >= 4 is 11.8 Å². The summed E-state index contributed by atoms with van der Waals surface area (Å²) in [6, 6.07) is 10.6. The topological polar surface area (TPSA) is 29.3 Å². The molecular formula is C11H18N2S. The van der Waals surface area contributed by atoms with Gasteiger partial charge in [-0.05, 0) is 26.2 Å². The molecule has 78 valence electrons. The minimum atomic E-state index is 0.246. The standard InChI is InChI=1S/C11H18N2S/c1-13(2)8-10(12)9-14-11-6-4-3-5-7-11/h3-7,10H,8-9,12H2,1-2H3/t10-/m1/s1. The molecule has 0 amide bonds. The van der Waals surface area contributed by atoms with Crippen molar-refractivity contribution < 1.29 is 0 Å². The number of benzene rings is 1. The first-order chi connectivity index (χ1) is 6.68. The Morgan fingerprint density at radius 2 is 1.93 bits per heavy atom. The maximum Gasteiger partial charge on any atom is 0.0263 e. The third kappa shape index (κ3) is 4.65. The van der Waals surface area contributed by atoms with Gasteiger partial charge < -0.3 is 10.6 Å². The van der Waals surface area contributed by atoms with Gasteiger partial charge >= 0.3 is 0 Å². The minimum absolute atomic E-state index is 0.246. The minimum Gasteiger partial charge on any atom is -0.326 e. The Hall–Kier alpha value is -0.510. The number of rotatable bonds is 5. The largest absolute Gasteiger partial charge is 0.326 e. The van der Waals surface area contributed by atoms with E-state index in [1.165, 1.54) is 4.90 Å². The van der Waals surface area contributed by atoms with Gasteiger partial charge in [0.1, 0.15) is 0 Å².